The number of carbonyl (C=O) groups excluding carboxylic acids is 2. The molecule has 0 unspecified atom stereocenters. The first-order valence-electron chi connectivity index (χ1n) is 15.2. The minimum absolute atomic E-state index is 0.319. The molecule has 0 saturated carbocycles. The SMILES string of the molecule is COC(=O)c1cc(OC)c2c(c1)nc(-c1cc3ccc(-c4cccnc4F)nc3n1CCCCCCNC(=O)OC(C)(C)C)n2C. The fraction of sp³-hybridized carbons (Fsp3) is 0.382. The molecule has 4 heterocycles. The number of halogens is 1. The standard InChI is InChI=1S/C34H39FN6O5/c1-34(2,3)46-33(43)37-15-9-7-8-10-17-41-26(19-21-13-14-24(38-30(21)41)23-12-11-16-36-29(23)35)31-39-25-18-22(32(42)45-6)20-27(44-5)28(25)40(31)4/h11-14,16,18-20H,7-10,15,17H2,1-6H3,(H,37,43). The number of benzene rings is 1. The van der Waals surface area contributed by atoms with Crippen molar-refractivity contribution in [2.45, 2.75) is 58.6 Å². The van der Waals surface area contributed by atoms with Gasteiger partial charge in [0.15, 0.2) is 5.82 Å². The number of fused-ring (bicyclic) bond motifs is 2. The molecule has 12 heteroatoms. The number of unbranched alkanes of at least 4 members (excludes halogenated alkanes) is 3. The number of methoxy groups -OCH3 is 2. The number of imidazole rings is 1. The number of hydrogen-bond acceptors (Lipinski definition) is 8. The van der Waals surface area contributed by atoms with Gasteiger partial charge in [0.1, 0.15) is 22.5 Å². The van der Waals surface area contributed by atoms with Gasteiger partial charge in [-0.15, -0.1) is 0 Å². The number of nitrogens with zero attached hydrogens (tertiary/aromatic N) is 5. The van der Waals surface area contributed by atoms with Gasteiger partial charge in [0.2, 0.25) is 5.95 Å². The predicted molar refractivity (Wildman–Crippen MR) is 173 cm³/mol. The molecule has 5 rings (SSSR count). The highest BCUT2D eigenvalue weighted by atomic mass is 19.1. The Morgan fingerprint density at radius 3 is 2.50 bits per heavy atom. The number of rotatable bonds is 11. The van der Waals surface area contributed by atoms with Gasteiger partial charge < -0.3 is 28.7 Å². The third-order valence-corrected chi connectivity index (χ3v) is 7.56. The summed E-state index contributed by atoms with van der Waals surface area (Å²) in [5, 5.41) is 3.68. The van der Waals surface area contributed by atoms with E-state index >= 15 is 0 Å². The molecule has 1 N–H and O–H groups in total. The molecule has 0 aliphatic rings. The highest BCUT2D eigenvalue weighted by molar-refractivity contribution is 5.97. The van der Waals surface area contributed by atoms with Gasteiger partial charge in [0.25, 0.3) is 0 Å². The predicted octanol–water partition coefficient (Wildman–Crippen LogP) is 6.67. The van der Waals surface area contributed by atoms with Crippen LogP contribution in [0.15, 0.2) is 48.7 Å². The van der Waals surface area contributed by atoms with Gasteiger partial charge in [-0.3, -0.25) is 0 Å². The Morgan fingerprint density at radius 1 is 1.00 bits per heavy atom. The summed E-state index contributed by atoms with van der Waals surface area (Å²) in [7, 11) is 4.78. The van der Waals surface area contributed by atoms with Crippen molar-refractivity contribution < 1.29 is 28.2 Å². The second-order valence-corrected chi connectivity index (χ2v) is 12.0. The van der Waals surface area contributed by atoms with Crippen molar-refractivity contribution in [2.75, 3.05) is 20.8 Å². The first kappa shape index (κ1) is 32.4. The molecule has 242 valence electrons. The van der Waals surface area contributed by atoms with Gasteiger partial charge in [0, 0.05) is 31.7 Å². The molecule has 1 amide bonds. The Kier molecular flexibility index (Phi) is 9.54. The summed E-state index contributed by atoms with van der Waals surface area (Å²) in [6.45, 7) is 6.66. The van der Waals surface area contributed by atoms with Crippen molar-refractivity contribution in [3.8, 4) is 28.5 Å². The van der Waals surface area contributed by atoms with Gasteiger partial charge in [0.05, 0.1) is 42.3 Å². The molecular weight excluding hydrogens is 591 g/mol. The topological polar surface area (TPSA) is 122 Å². The zero-order valence-electron chi connectivity index (χ0n) is 27.0. The molecular formula is C34H39FN6O5. The molecule has 0 spiro atoms. The lowest BCUT2D eigenvalue weighted by atomic mass is 10.1. The van der Waals surface area contributed by atoms with Gasteiger partial charge >= 0.3 is 12.1 Å². The van der Waals surface area contributed by atoms with E-state index in [1.54, 1.807) is 37.4 Å². The zero-order chi connectivity index (χ0) is 33.0. The van der Waals surface area contributed by atoms with Crippen molar-refractivity contribution in [1.29, 1.82) is 0 Å². The number of ether oxygens (including phenoxy) is 3. The fourth-order valence-corrected chi connectivity index (χ4v) is 5.45. The van der Waals surface area contributed by atoms with Crippen LogP contribution >= 0.6 is 0 Å². The lowest BCUT2D eigenvalue weighted by molar-refractivity contribution is 0.0525. The first-order valence-corrected chi connectivity index (χ1v) is 15.2. The first-order chi connectivity index (χ1) is 22.0. The summed E-state index contributed by atoms with van der Waals surface area (Å²) in [6.07, 6.45) is 4.45. The summed E-state index contributed by atoms with van der Waals surface area (Å²) < 4.78 is 34.5. The summed E-state index contributed by atoms with van der Waals surface area (Å²) >= 11 is 0. The van der Waals surface area contributed by atoms with Crippen LogP contribution in [0.4, 0.5) is 9.18 Å². The number of carbonyl (C=O) groups is 2. The lowest BCUT2D eigenvalue weighted by Gasteiger charge is -2.19. The number of aryl methyl sites for hydroxylation is 2. The van der Waals surface area contributed by atoms with Crippen LogP contribution in [0.5, 0.6) is 5.75 Å². The van der Waals surface area contributed by atoms with Crippen molar-refractivity contribution >= 4 is 34.1 Å². The second kappa shape index (κ2) is 13.6. The Balaban J connectivity index is 1.46. The van der Waals surface area contributed by atoms with Crippen molar-refractivity contribution in [3.63, 3.8) is 0 Å². The van der Waals surface area contributed by atoms with E-state index in [0.717, 1.165) is 42.3 Å². The van der Waals surface area contributed by atoms with Gasteiger partial charge in [-0.2, -0.15) is 4.39 Å². The number of nitrogens with one attached hydrogen (secondary N) is 1. The third-order valence-electron chi connectivity index (χ3n) is 7.56. The minimum atomic E-state index is -0.587. The van der Waals surface area contributed by atoms with E-state index in [1.807, 2.05) is 44.5 Å². The Morgan fingerprint density at radius 2 is 1.78 bits per heavy atom. The van der Waals surface area contributed by atoms with Gasteiger partial charge in [-0.1, -0.05) is 12.8 Å². The van der Waals surface area contributed by atoms with E-state index < -0.39 is 23.6 Å². The Labute approximate surface area is 266 Å². The maximum Gasteiger partial charge on any atom is 0.407 e. The van der Waals surface area contributed by atoms with E-state index in [4.69, 9.17) is 24.2 Å². The van der Waals surface area contributed by atoms with Crippen LogP contribution in [0.2, 0.25) is 0 Å². The minimum Gasteiger partial charge on any atom is -0.494 e. The smallest absolute Gasteiger partial charge is 0.407 e. The zero-order valence-corrected chi connectivity index (χ0v) is 27.0. The molecule has 0 bridgehead atoms. The van der Waals surface area contributed by atoms with Gasteiger partial charge in [-0.05, 0) is 76.1 Å². The molecule has 11 nitrogen and oxygen atoms in total. The summed E-state index contributed by atoms with van der Waals surface area (Å²) in [5.74, 6) is 0.0805. The summed E-state index contributed by atoms with van der Waals surface area (Å²) in [6, 6.07) is 12.4. The number of hydrogen-bond donors (Lipinski definition) is 1. The van der Waals surface area contributed by atoms with E-state index in [1.165, 1.54) is 13.3 Å². The molecule has 1 aromatic carbocycles. The lowest BCUT2D eigenvalue weighted by Crippen LogP contribution is -2.32. The molecule has 0 radical (unpaired) electrons. The molecule has 4 aromatic heterocycles. The Hall–Kier alpha value is -5.00. The molecule has 0 aliphatic heterocycles. The number of pyridine rings is 2. The van der Waals surface area contributed by atoms with Gasteiger partial charge in [-0.25, -0.2) is 24.5 Å². The van der Waals surface area contributed by atoms with Crippen molar-refractivity contribution in [1.82, 2.24) is 29.4 Å². The average Bonchev–Trinajstić information content (AvgIpc) is 3.55. The monoisotopic (exact) mass is 630 g/mol. The summed E-state index contributed by atoms with van der Waals surface area (Å²) in [5.41, 5.74) is 3.41. The van der Waals surface area contributed by atoms with E-state index in [0.29, 0.717) is 52.6 Å². The van der Waals surface area contributed by atoms with Crippen LogP contribution in [0.3, 0.4) is 0 Å². The maximum atomic E-state index is 14.6. The third kappa shape index (κ3) is 6.95. The molecule has 0 fully saturated rings. The van der Waals surface area contributed by atoms with Crippen LogP contribution in [0, 0.1) is 5.95 Å². The number of amides is 1. The molecule has 0 saturated heterocycles. The molecule has 0 aliphatic carbocycles. The highest BCUT2D eigenvalue weighted by Crippen LogP contribution is 2.35. The van der Waals surface area contributed by atoms with Crippen LogP contribution < -0.4 is 10.1 Å². The van der Waals surface area contributed by atoms with Crippen LogP contribution in [0.25, 0.3) is 44.8 Å². The van der Waals surface area contributed by atoms with E-state index in [-0.39, 0.29) is 0 Å². The second-order valence-electron chi connectivity index (χ2n) is 12.0. The molecule has 46 heavy (non-hydrogen) atoms. The van der Waals surface area contributed by atoms with Crippen LogP contribution in [-0.4, -0.2) is 62.5 Å². The Bertz CT molecular complexity index is 1890. The number of alkyl carbamates (subject to hydrolysis) is 1. The summed E-state index contributed by atoms with van der Waals surface area (Å²) in [4.78, 5) is 37.9. The van der Waals surface area contributed by atoms with Crippen LogP contribution in [0.1, 0.15) is 56.8 Å². The molecule has 0 atom stereocenters. The number of aromatic nitrogens is 5. The van der Waals surface area contributed by atoms with Crippen molar-refractivity contribution in [2.24, 2.45) is 7.05 Å². The quantitative estimate of drug-likeness (QED) is 0.0976. The van der Waals surface area contributed by atoms with E-state index in [9.17, 15) is 14.0 Å². The largest absolute Gasteiger partial charge is 0.494 e. The molecule has 5 aromatic rings. The normalized spacial score (nSPS) is 11.6. The fourth-order valence-electron chi connectivity index (χ4n) is 5.45. The van der Waals surface area contributed by atoms with Crippen molar-refractivity contribution in [3.05, 3.63) is 60.2 Å². The highest BCUT2D eigenvalue weighted by Gasteiger charge is 2.22. The van der Waals surface area contributed by atoms with E-state index in [2.05, 4.69) is 14.9 Å². The maximum absolute atomic E-state index is 14.6. The number of esters is 1. The average molecular weight is 631 g/mol. The van der Waals surface area contributed by atoms with Crippen LogP contribution in [-0.2, 0) is 23.1 Å².